The predicted molar refractivity (Wildman–Crippen MR) is 73.0 cm³/mol. The van der Waals surface area contributed by atoms with Crippen molar-refractivity contribution in [2.45, 2.75) is 12.8 Å². The largest absolute Gasteiger partial charge is 0.314 e. The number of hydrogen-bond donors (Lipinski definition) is 0. The van der Waals surface area contributed by atoms with Gasteiger partial charge in [-0.2, -0.15) is 0 Å². The molecule has 0 fully saturated rings. The molecule has 1 aliphatic heterocycles. The second-order valence-electron chi connectivity index (χ2n) is 4.72. The minimum atomic E-state index is -2.37. The van der Waals surface area contributed by atoms with Crippen molar-refractivity contribution in [3.8, 4) is 0 Å². The molecule has 86 valence electrons. The lowest BCUT2D eigenvalue weighted by atomic mass is 10.0. The molecule has 17 heavy (non-hydrogen) atoms. The smallest absolute Gasteiger partial charge is 0.144 e. The van der Waals surface area contributed by atoms with Crippen LogP contribution in [0.2, 0.25) is 0 Å². The van der Waals surface area contributed by atoms with Crippen LogP contribution in [0.1, 0.15) is 18.4 Å². The minimum absolute atomic E-state index is 0.400. The average molecular weight is 242 g/mol. The maximum absolute atomic E-state index is 13.2. The molecule has 2 atom stereocenters. The molecule has 0 unspecified atom stereocenters. The zero-order valence-electron chi connectivity index (χ0n) is 9.84. The lowest BCUT2D eigenvalue weighted by Gasteiger charge is -2.13. The quantitative estimate of drug-likeness (QED) is 0.702. The van der Waals surface area contributed by atoms with Crippen LogP contribution in [0.4, 0.5) is 0 Å². The lowest BCUT2D eigenvalue weighted by Crippen LogP contribution is -2.14. The number of rotatable bonds is 1. The molecule has 2 heteroatoms. The molecule has 2 aromatic carbocycles. The fourth-order valence-electron chi connectivity index (χ4n) is 2.73. The molecule has 1 nitrogen and oxygen atoms in total. The van der Waals surface area contributed by atoms with Crippen molar-refractivity contribution >= 4 is 17.8 Å². The highest BCUT2D eigenvalue weighted by molar-refractivity contribution is 7.79. The maximum Gasteiger partial charge on any atom is 0.144 e. The first-order valence-electron chi connectivity index (χ1n) is 5.96. The minimum Gasteiger partial charge on any atom is -0.314 e. The molecule has 0 bridgehead atoms. The van der Waals surface area contributed by atoms with E-state index in [0.29, 0.717) is 5.92 Å². The van der Waals surface area contributed by atoms with Crippen LogP contribution < -0.4 is 10.6 Å². The summed E-state index contributed by atoms with van der Waals surface area (Å²) in [6.45, 7) is 2.17. The van der Waals surface area contributed by atoms with Crippen LogP contribution in [-0.2, 0) is 4.57 Å². The van der Waals surface area contributed by atoms with E-state index in [4.69, 9.17) is 0 Å². The summed E-state index contributed by atoms with van der Waals surface area (Å²) in [4.78, 5) is 0. The molecule has 0 aliphatic carbocycles. The van der Waals surface area contributed by atoms with E-state index in [1.54, 1.807) is 0 Å². The number of fused-ring (bicyclic) bond motifs is 1. The molecular formula is C15H15OP. The van der Waals surface area contributed by atoms with Crippen LogP contribution in [0, 0.1) is 0 Å². The van der Waals surface area contributed by atoms with Gasteiger partial charge in [0.1, 0.15) is 7.14 Å². The highest BCUT2D eigenvalue weighted by atomic mass is 31.2. The van der Waals surface area contributed by atoms with Crippen molar-refractivity contribution < 1.29 is 4.57 Å². The molecule has 0 radical (unpaired) electrons. The summed E-state index contributed by atoms with van der Waals surface area (Å²) in [7, 11) is -2.37. The number of hydrogen-bond acceptors (Lipinski definition) is 1. The Morgan fingerprint density at radius 3 is 2.41 bits per heavy atom. The van der Waals surface area contributed by atoms with Crippen molar-refractivity contribution in [3.05, 3.63) is 60.2 Å². The summed E-state index contributed by atoms with van der Waals surface area (Å²) in [5.41, 5.74) is 1.26. The average Bonchev–Trinajstić information content (AvgIpc) is 2.65. The Morgan fingerprint density at radius 2 is 1.65 bits per heavy atom. The molecule has 2 aromatic rings. The Balaban J connectivity index is 2.22. The van der Waals surface area contributed by atoms with E-state index >= 15 is 0 Å². The Bertz CT molecular complexity index is 589. The van der Waals surface area contributed by atoms with Gasteiger partial charge in [0.2, 0.25) is 0 Å². The van der Waals surface area contributed by atoms with Gasteiger partial charge in [0.15, 0.2) is 0 Å². The first-order chi connectivity index (χ1) is 8.22. The topological polar surface area (TPSA) is 17.1 Å². The van der Waals surface area contributed by atoms with Gasteiger partial charge in [0, 0.05) is 16.8 Å². The molecule has 0 amide bonds. The standard InChI is InChI=1S/C15H15OP/c1-12-11-17(16,13-7-3-2-4-8-13)15-10-6-5-9-14(12)15/h2-10,12H,11H2,1H3/t12-,17-/m0/s1. The van der Waals surface area contributed by atoms with Gasteiger partial charge in [-0.3, -0.25) is 0 Å². The van der Waals surface area contributed by atoms with Crippen molar-refractivity contribution in [1.82, 2.24) is 0 Å². The molecule has 0 spiro atoms. The van der Waals surface area contributed by atoms with Crippen molar-refractivity contribution in [1.29, 1.82) is 0 Å². The summed E-state index contributed by atoms with van der Waals surface area (Å²) < 4.78 is 13.2. The van der Waals surface area contributed by atoms with Crippen LogP contribution >= 0.6 is 7.14 Å². The molecule has 0 saturated carbocycles. The monoisotopic (exact) mass is 242 g/mol. The van der Waals surface area contributed by atoms with Gasteiger partial charge in [0.25, 0.3) is 0 Å². The lowest BCUT2D eigenvalue weighted by molar-refractivity contribution is 0.586. The highest BCUT2D eigenvalue weighted by Gasteiger charge is 2.38. The van der Waals surface area contributed by atoms with Gasteiger partial charge in [-0.25, -0.2) is 0 Å². The Hall–Kier alpha value is -1.33. The van der Waals surface area contributed by atoms with Gasteiger partial charge < -0.3 is 4.57 Å². The van der Waals surface area contributed by atoms with Gasteiger partial charge in [0.05, 0.1) is 0 Å². The molecule has 0 saturated heterocycles. The molecule has 0 aromatic heterocycles. The summed E-state index contributed by atoms with van der Waals surface area (Å²) in [6, 6.07) is 18.1. The van der Waals surface area contributed by atoms with Crippen LogP contribution in [0.15, 0.2) is 54.6 Å². The molecular weight excluding hydrogens is 227 g/mol. The molecule has 0 N–H and O–H groups in total. The van der Waals surface area contributed by atoms with Crippen molar-refractivity contribution in [2.75, 3.05) is 6.16 Å². The van der Waals surface area contributed by atoms with Crippen LogP contribution in [0.3, 0.4) is 0 Å². The Kier molecular flexibility index (Phi) is 2.45. The second-order valence-corrected chi connectivity index (χ2v) is 7.56. The van der Waals surface area contributed by atoms with Gasteiger partial charge >= 0.3 is 0 Å². The van der Waals surface area contributed by atoms with E-state index in [9.17, 15) is 4.57 Å². The predicted octanol–water partition coefficient (Wildman–Crippen LogP) is 3.12. The van der Waals surface area contributed by atoms with Crippen molar-refractivity contribution in [3.63, 3.8) is 0 Å². The zero-order valence-corrected chi connectivity index (χ0v) is 10.7. The van der Waals surface area contributed by atoms with Crippen LogP contribution in [0.25, 0.3) is 0 Å². The van der Waals surface area contributed by atoms with E-state index in [2.05, 4.69) is 13.0 Å². The van der Waals surface area contributed by atoms with E-state index in [-0.39, 0.29) is 0 Å². The van der Waals surface area contributed by atoms with Crippen LogP contribution in [0.5, 0.6) is 0 Å². The summed E-state index contributed by atoms with van der Waals surface area (Å²) in [6.07, 6.45) is 0.774. The normalized spacial score (nSPS) is 26.8. The molecule has 1 heterocycles. The Morgan fingerprint density at radius 1 is 1.00 bits per heavy atom. The maximum atomic E-state index is 13.2. The fourth-order valence-corrected chi connectivity index (χ4v) is 6.08. The molecule has 3 rings (SSSR count). The third kappa shape index (κ3) is 1.57. The zero-order chi connectivity index (χ0) is 11.9. The van der Waals surface area contributed by atoms with Crippen molar-refractivity contribution in [2.24, 2.45) is 0 Å². The third-order valence-electron chi connectivity index (χ3n) is 3.56. The van der Waals surface area contributed by atoms with E-state index in [1.165, 1.54) is 5.56 Å². The Labute approximate surface area is 102 Å². The van der Waals surface area contributed by atoms with E-state index < -0.39 is 7.14 Å². The number of benzene rings is 2. The first-order valence-corrected chi connectivity index (χ1v) is 7.85. The van der Waals surface area contributed by atoms with Gasteiger partial charge in [-0.1, -0.05) is 61.5 Å². The SMILES string of the molecule is C[C@H]1C[P@](=O)(c2ccccc2)c2ccccc21. The van der Waals surface area contributed by atoms with Crippen LogP contribution in [-0.4, -0.2) is 6.16 Å². The van der Waals surface area contributed by atoms with E-state index in [1.807, 2.05) is 48.5 Å². The fraction of sp³-hybridized carbons (Fsp3) is 0.200. The summed E-state index contributed by atoms with van der Waals surface area (Å²) in [5, 5.41) is 2.07. The summed E-state index contributed by atoms with van der Waals surface area (Å²) >= 11 is 0. The molecule has 1 aliphatic rings. The van der Waals surface area contributed by atoms with Gasteiger partial charge in [-0.15, -0.1) is 0 Å². The second kappa shape index (κ2) is 3.85. The highest BCUT2D eigenvalue weighted by Crippen LogP contribution is 2.53. The summed E-state index contributed by atoms with van der Waals surface area (Å²) in [5.74, 6) is 0.400. The van der Waals surface area contributed by atoms with E-state index in [0.717, 1.165) is 16.8 Å². The third-order valence-corrected chi connectivity index (χ3v) is 6.94. The first kappa shape index (κ1) is 10.8. The van der Waals surface area contributed by atoms with Gasteiger partial charge in [-0.05, 0) is 11.5 Å².